The third kappa shape index (κ3) is 2.30. The van der Waals surface area contributed by atoms with Gasteiger partial charge >= 0.3 is 5.97 Å². The van der Waals surface area contributed by atoms with Crippen LogP contribution in [0.3, 0.4) is 0 Å². The molecule has 4 heteroatoms. The molecule has 90 valence electrons. The van der Waals surface area contributed by atoms with E-state index < -0.39 is 5.97 Å². The smallest absolute Gasteiger partial charge is 0.352 e. The summed E-state index contributed by atoms with van der Waals surface area (Å²) < 4.78 is 1.72. The molecule has 17 heavy (non-hydrogen) atoms. The fraction of sp³-hybridized carbons (Fsp3) is 0.385. The van der Waals surface area contributed by atoms with Crippen molar-refractivity contribution in [2.24, 2.45) is 5.41 Å². The molecule has 0 bridgehead atoms. The molecule has 0 fully saturated rings. The van der Waals surface area contributed by atoms with E-state index in [1.807, 2.05) is 6.07 Å². The Labute approximate surface area is 99.9 Å². The predicted octanol–water partition coefficient (Wildman–Crippen LogP) is 2.62. The molecule has 0 saturated carbocycles. The van der Waals surface area contributed by atoms with Crippen molar-refractivity contribution in [2.45, 2.75) is 27.2 Å². The molecule has 4 nitrogen and oxygen atoms in total. The summed E-state index contributed by atoms with van der Waals surface area (Å²) in [6.07, 6.45) is 2.46. The molecule has 0 saturated heterocycles. The van der Waals surface area contributed by atoms with Gasteiger partial charge in [-0.3, -0.25) is 4.40 Å². The Morgan fingerprint density at radius 3 is 2.71 bits per heavy atom. The molecule has 2 heterocycles. The number of hydrogen-bond donors (Lipinski definition) is 1. The Hall–Kier alpha value is -1.84. The van der Waals surface area contributed by atoms with Crippen LogP contribution in [0.15, 0.2) is 24.4 Å². The lowest BCUT2D eigenvalue weighted by molar-refractivity contribution is 0.0688. The summed E-state index contributed by atoms with van der Waals surface area (Å²) in [6, 6.07) is 5.20. The molecule has 2 rings (SSSR count). The van der Waals surface area contributed by atoms with Crippen molar-refractivity contribution in [3.05, 3.63) is 35.9 Å². The summed E-state index contributed by atoms with van der Waals surface area (Å²) in [5, 5.41) is 9.18. The van der Waals surface area contributed by atoms with Gasteiger partial charge in [-0.2, -0.15) is 0 Å². The summed E-state index contributed by atoms with van der Waals surface area (Å²) in [4.78, 5) is 15.5. The molecule has 0 aliphatic rings. The van der Waals surface area contributed by atoms with Crippen LogP contribution < -0.4 is 0 Å². The van der Waals surface area contributed by atoms with E-state index in [0.717, 1.165) is 17.8 Å². The Kier molecular flexibility index (Phi) is 2.65. The SMILES string of the molecule is CC(C)(C)Cc1ncc2cccc(C(=O)O)n12. The van der Waals surface area contributed by atoms with E-state index in [1.165, 1.54) is 0 Å². The molecule has 0 radical (unpaired) electrons. The lowest BCUT2D eigenvalue weighted by Crippen LogP contribution is -2.14. The zero-order chi connectivity index (χ0) is 12.6. The maximum Gasteiger partial charge on any atom is 0.352 e. The Morgan fingerprint density at radius 1 is 1.41 bits per heavy atom. The number of fused-ring (bicyclic) bond motifs is 1. The van der Waals surface area contributed by atoms with Gasteiger partial charge in [-0.15, -0.1) is 0 Å². The maximum absolute atomic E-state index is 11.2. The second-order valence-electron chi connectivity index (χ2n) is 5.39. The standard InChI is InChI=1S/C13H16N2O2/c1-13(2,3)7-11-14-8-9-5-4-6-10(12(16)17)15(9)11/h4-6,8H,7H2,1-3H3,(H,16,17). The zero-order valence-corrected chi connectivity index (χ0v) is 10.3. The summed E-state index contributed by atoms with van der Waals surface area (Å²) >= 11 is 0. The highest BCUT2D eigenvalue weighted by molar-refractivity contribution is 5.86. The highest BCUT2D eigenvalue weighted by atomic mass is 16.4. The first-order valence-corrected chi connectivity index (χ1v) is 5.57. The van der Waals surface area contributed by atoms with Crippen molar-refractivity contribution in [1.29, 1.82) is 0 Å². The number of hydrogen-bond acceptors (Lipinski definition) is 2. The maximum atomic E-state index is 11.2. The fourth-order valence-electron chi connectivity index (χ4n) is 1.88. The van der Waals surface area contributed by atoms with Gasteiger partial charge in [0.15, 0.2) is 0 Å². The topological polar surface area (TPSA) is 54.6 Å². The average Bonchev–Trinajstić information content (AvgIpc) is 2.59. The summed E-state index contributed by atoms with van der Waals surface area (Å²) in [6.45, 7) is 6.33. The number of imidazole rings is 1. The van der Waals surface area contributed by atoms with Crippen molar-refractivity contribution < 1.29 is 9.90 Å². The zero-order valence-electron chi connectivity index (χ0n) is 10.3. The second kappa shape index (κ2) is 3.87. The van der Waals surface area contributed by atoms with Crippen LogP contribution >= 0.6 is 0 Å². The Bertz CT molecular complexity index is 564. The molecule has 0 aliphatic heterocycles. The predicted molar refractivity (Wildman–Crippen MR) is 65.3 cm³/mol. The lowest BCUT2D eigenvalue weighted by Gasteiger charge is -2.17. The van der Waals surface area contributed by atoms with Gasteiger partial charge in [0.05, 0.1) is 11.7 Å². The van der Waals surface area contributed by atoms with E-state index >= 15 is 0 Å². The van der Waals surface area contributed by atoms with Crippen LogP contribution in [-0.4, -0.2) is 20.5 Å². The van der Waals surface area contributed by atoms with E-state index in [4.69, 9.17) is 0 Å². The van der Waals surface area contributed by atoms with Crippen LogP contribution in [0.2, 0.25) is 0 Å². The van der Waals surface area contributed by atoms with E-state index in [-0.39, 0.29) is 11.1 Å². The van der Waals surface area contributed by atoms with Crippen LogP contribution in [0.5, 0.6) is 0 Å². The molecule has 0 unspecified atom stereocenters. The van der Waals surface area contributed by atoms with Crippen molar-refractivity contribution >= 4 is 11.5 Å². The minimum Gasteiger partial charge on any atom is -0.477 e. The van der Waals surface area contributed by atoms with Gasteiger partial charge in [-0.05, 0) is 17.5 Å². The lowest BCUT2D eigenvalue weighted by atomic mass is 9.92. The summed E-state index contributed by atoms with van der Waals surface area (Å²) in [5.74, 6) is -0.130. The Balaban J connectivity index is 2.61. The summed E-state index contributed by atoms with van der Waals surface area (Å²) in [7, 11) is 0. The Morgan fingerprint density at radius 2 is 2.12 bits per heavy atom. The molecule has 0 amide bonds. The first-order chi connectivity index (χ1) is 7.88. The van der Waals surface area contributed by atoms with Gasteiger partial charge in [0.1, 0.15) is 11.5 Å². The number of aromatic carboxylic acids is 1. The number of aromatic nitrogens is 2. The molecular formula is C13H16N2O2. The first kappa shape index (κ1) is 11.6. The van der Waals surface area contributed by atoms with E-state index in [0.29, 0.717) is 0 Å². The van der Waals surface area contributed by atoms with Gasteiger partial charge < -0.3 is 5.11 Å². The van der Waals surface area contributed by atoms with Gasteiger partial charge in [0, 0.05) is 6.42 Å². The number of pyridine rings is 1. The molecule has 1 N–H and O–H groups in total. The highest BCUT2D eigenvalue weighted by Crippen LogP contribution is 2.21. The molecule has 0 aliphatic carbocycles. The van der Waals surface area contributed by atoms with Gasteiger partial charge in [0.25, 0.3) is 0 Å². The molecule has 2 aromatic rings. The van der Waals surface area contributed by atoms with E-state index in [2.05, 4.69) is 25.8 Å². The third-order valence-electron chi connectivity index (χ3n) is 2.53. The van der Waals surface area contributed by atoms with Crippen LogP contribution in [0.1, 0.15) is 37.1 Å². The van der Waals surface area contributed by atoms with E-state index in [1.54, 1.807) is 22.7 Å². The van der Waals surface area contributed by atoms with E-state index in [9.17, 15) is 9.90 Å². The third-order valence-corrected chi connectivity index (χ3v) is 2.53. The monoisotopic (exact) mass is 232 g/mol. The number of carbonyl (C=O) groups is 1. The fourth-order valence-corrected chi connectivity index (χ4v) is 1.88. The van der Waals surface area contributed by atoms with Crippen LogP contribution in [0.25, 0.3) is 5.52 Å². The number of carboxylic acid groups (broad SMARTS) is 1. The largest absolute Gasteiger partial charge is 0.477 e. The van der Waals surface area contributed by atoms with Gasteiger partial charge in [-0.25, -0.2) is 9.78 Å². The van der Waals surface area contributed by atoms with Gasteiger partial charge in [-0.1, -0.05) is 26.8 Å². The highest BCUT2D eigenvalue weighted by Gasteiger charge is 2.18. The summed E-state index contributed by atoms with van der Waals surface area (Å²) in [5.41, 5.74) is 1.16. The molecule has 0 aromatic carbocycles. The average molecular weight is 232 g/mol. The number of carboxylic acids is 1. The van der Waals surface area contributed by atoms with Crippen molar-refractivity contribution in [3.8, 4) is 0 Å². The molecule has 0 spiro atoms. The van der Waals surface area contributed by atoms with Crippen LogP contribution in [0.4, 0.5) is 0 Å². The molecular weight excluding hydrogens is 216 g/mol. The second-order valence-corrected chi connectivity index (χ2v) is 5.39. The normalized spacial score (nSPS) is 11.9. The van der Waals surface area contributed by atoms with Crippen LogP contribution in [-0.2, 0) is 6.42 Å². The van der Waals surface area contributed by atoms with Crippen molar-refractivity contribution in [2.75, 3.05) is 0 Å². The minimum atomic E-state index is -0.927. The van der Waals surface area contributed by atoms with Crippen LogP contribution in [0, 0.1) is 5.41 Å². The van der Waals surface area contributed by atoms with Crippen molar-refractivity contribution in [1.82, 2.24) is 9.38 Å². The van der Waals surface area contributed by atoms with Gasteiger partial charge in [0.2, 0.25) is 0 Å². The van der Waals surface area contributed by atoms with Crippen molar-refractivity contribution in [3.63, 3.8) is 0 Å². The first-order valence-electron chi connectivity index (χ1n) is 5.57. The number of rotatable bonds is 2. The quantitative estimate of drug-likeness (QED) is 0.866. The molecule has 2 aromatic heterocycles. The molecule has 0 atom stereocenters. The number of nitrogens with zero attached hydrogens (tertiary/aromatic N) is 2. The minimum absolute atomic E-state index is 0.0763.